The smallest absolute Gasteiger partial charge is 0.122 e. The largest absolute Gasteiger partial charge is 0.507 e. The van der Waals surface area contributed by atoms with Crippen LogP contribution in [0, 0.1) is 6.92 Å². The fourth-order valence-electron chi connectivity index (χ4n) is 1.26. The lowest BCUT2D eigenvalue weighted by Gasteiger charge is -1.95. The van der Waals surface area contributed by atoms with Crippen LogP contribution in [0.25, 0.3) is 12.2 Å². The van der Waals surface area contributed by atoms with E-state index in [9.17, 15) is 5.11 Å². The Morgan fingerprint density at radius 3 is 2.73 bits per heavy atom. The second-order valence-electron chi connectivity index (χ2n) is 3.18. The molecular formula is C12H11NOS. The summed E-state index contributed by atoms with van der Waals surface area (Å²) in [5.41, 5.74) is 1.74. The molecule has 0 saturated heterocycles. The molecule has 1 aromatic carbocycles. The Bertz CT molecular complexity index is 488. The molecule has 0 aliphatic carbocycles. The molecule has 3 heteroatoms. The van der Waals surface area contributed by atoms with E-state index in [2.05, 4.69) is 4.98 Å². The van der Waals surface area contributed by atoms with Crippen molar-refractivity contribution < 1.29 is 5.11 Å². The summed E-state index contributed by atoms with van der Waals surface area (Å²) in [4.78, 5) is 4.31. The number of benzene rings is 1. The van der Waals surface area contributed by atoms with Gasteiger partial charge in [0, 0.05) is 10.9 Å². The summed E-state index contributed by atoms with van der Waals surface area (Å²) < 4.78 is 0. The van der Waals surface area contributed by atoms with E-state index in [0.29, 0.717) is 5.75 Å². The highest BCUT2D eigenvalue weighted by atomic mass is 32.1. The maximum absolute atomic E-state index is 9.52. The van der Waals surface area contributed by atoms with E-state index >= 15 is 0 Å². The molecule has 1 N–H and O–H groups in total. The van der Waals surface area contributed by atoms with Crippen LogP contribution in [0.5, 0.6) is 5.75 Å². The topological polar surface area (TPSA) is 33.1 Å². The van der Waals surface area contributed by atoms with Crippen molar-refractivity contribution in [3.8, 4) is 5.75 Å². The van der Waals surface area contributed by atoms with E-state index in [-0.39, 0.29) is 0 Å². The number of aromatic hydroxyl groups is 1. The van der Waals surface area contributed by atoms with Crippen molar-refractivity contribution in [2.45, 2.75) is 6.92 Å². The van der Waals surface area contributed by atoms with E-state index in [1.165, 1.54) is 0 Å². The highest BCUT2D eigenvalue weighted by Crippen LogP contribution is 2.19. The summed E-state index contributed by atoms with van der Waals surface area (Å²) in [6.45, 7) is 1.97. The minimum atomic E-state index is 0.292. The van der Waals surface area contributed by atoms with Gasteiger partial charge in [0.25, 0.3) is 0 Å². The van der Waals surface area contributed by atoms with Crippen LogP contribution in [-0.4, -0.2) is 10.1 Å². The van der Waals surface area contributed by atoms with Gasteiger partial charge < -0.3 is 5.11 Å². The summed E-state index contributed by atoms with van der Waals surface area (Å²) in [5, 5.41) is 12.6. The fourth-order valence-corrected chi connectivity index (χ4v) is 1.84. The van der Waals surface area contributed by atoms with Gasteiger partial charge in [-0.05, 0) is 25.1 Å². The molecule has 1 aromatic heterocycles. The highest BCUT2D eigenvalue weighted by molar-refractivity contribution is 7.09. The SMILES string of the molecule is Cc1nc(/C=C/c2ccccc2O)cs1. The van der Waals surface area contributed by atoms with Crippen LogP contribution in [0.3, 0.4) is 0 Å². The zero-order chi connectivity index (χ0) is 10.7. The number of aryl methyl sites for hydroxylation is 1. The van der Waals surface area contributed by atoms with Crippen molar-refractivity contribution in [2.75, 3.05) is 0 Å². The quantitative estimate of drug-likeness (QED) is 0.837. The third-order valence-electron chi connectivity index (χ3n) is 2.01. The van der Waals surface area contributed by atoms with Crippen LogP contribution >= 0.6 is 11.3 Å². The van der Waals surface area contributed by atoms with Crippen molar-refractivity contribution in [1.82, 2.24) is 4.98 Å². The molecule has 0 amide bonds. The number of para-hydroxylation sites is 1. The third kappa shape index (κ3) is 2.44. The van der Waals surface area contributed by atoms with E-state index in [1.807, 2.05) is 36.6 Å². The molecule has 0 aliphatic rings. The van der Waals surface area contributed by atoms with E-state index in [0.717, 1.165) is 16.3 Å². The first-order valence-electron chi connectivity index (χ1n) is 4.64. The number of phenols is 1. The Hall–Kier alpha value is -1.61. The lowest BCUT2D eigenvalue weighted by atomic mass is 10.2. The van der Waals surface area contributed by atoms with Gasteiger partial charge in [-0.1, -0.05) is 18.2 Å². The second-order valence-corrected chi connectivity index (χ2v) is 4.25. The summed E-state index contributed by atoms with van der Waals surface area (Å²) in [7, 11) is 0. The predicted octanol–water partition coefficient (Wildman–Crippen LogP) is 3.33. The molecule has 15 heavy (non-hydrogen) atoms. The highest BCUT2D eigenvalue weighted by Gasteiger charge is 1.95. The summed E-state index contributed by atoms with van der Waals surface area (Å²) >= 11 is 1.62. The Morgan fingerprint density at radius 1 is 1.27 bits per heavy atom. The minimum absolute atomic E-state index is 0.292. The Balaban J connectivity index is 2.22. The molecule has 2 nitrogen and oxygen atoms in total. The van der Waals surface area contributed by atoms with Gasteiger partial charge in [0.1, 0.15) is 5.75 Å². The van der Waals surface area contributed by atoms with Gasteiger partial charge in [-0.15, -0.1) is 11.3 Å². The summed E-state index contributed by atoms with van der Waals surface area (Å²) in [5.74, 6) is 0.292. The van der Waals surface area contributed by atoms with Crippen molar-refractivity contribution in [3.63, 3.8) is 0 Å². The van der Waals surface area contributed by atoms with E-state index in [1.54, 1.807) is 23.5 Å². The zero-order valence-corrected chi connectivity index (χ0v) is 9.16. The number of phenolic OH excluding ortho intramolecular Hbond substituents is 1. The average molecular weight is 217 g/mol. The van der Waals surface area contributed by atoms with E-state index in [4.69, 9.17) is 0 Å². The van der Waals surface area contributed by atoms with Crippen LogP contribution < -0.4 is 0 Å². The molecule has 0 atom stereocenters. The van der Waals surface area contributed by atoms with Crippen LogP contribution in [0.2, 0.25) is 0 Å². The molecule has 0 spiro atoms. The van der Waals surface area contributed by atoms with Crippen molar-refractivity contribution >= 4 is 23.5 Å². The molecule has 0 bridgehead atoms. The number of hydrogen-bond acceptors (Lipinski definition) is 3. The molecule has 0 radical (unpaired) electrons. The minimum Gasteiger partial charge on any atom is -0.507 e. The zero-order valence-electron chi connectivity index (χ0n) is 8.34. The van der Waals surface area contributed by atoms with Gasteiger partial charge >= 0.3 is 0 Å². The van der Waals surface area contributed by atoms with Gasteiger partial charge in [-0.25, -0.2) is 4.98 Å². The summed E-state index contributed by atoms with van der Waals surface area (Å²) in [6.07, 6.45) is 3.77. The first kappa shape index (κ1) is 9.93. The first-order chi connectivity index (χ1) is 7.25. The van der Waals surface area contributed by atoms with Gasteiger partial charge in [-0.2, -0.15) is 0 Å². The average Bonchev–Trinajstić information content (AvgIpc) is 2.63. The number of hydrogen-bond donors (Lipinski definition) is 1. The lowest BCUT2D eigenvalue weighted by Crippen LogP contribution is -1.74. The number of nitrogens with zero attached hydrogens (tertiary/aromatic N) is 1. The molecular weight excluding hydrogens is 206 g/mol. The molecule has 76 valence electrons. The second kappa shape index (κ2) is 4.28. The van der Waals surface area contributed by atoms with Gasteiger partial charge in [0.15, 0.2) is 0 Å². The molecule has 2 aromatic rings. The van der Waals surface area contributed by atoms with Crippen LogP contribution in [-0.2, 0) is 0 Å². The maximum Gasteiger partial charge on any atom is 0.122 e. The monoisotopic (exact) mass is 217 g/mol. The van der Waals surface area contributed by atoms with Crippen molar-refractivity contribution in [3.05, 3.63) is 45.9 Å². The Labute approximate surface area is 92.5 Å². The molecule has 0 saturated carbocycles. The van der Waals surface area contributed by atoms with Crippen LogP contribution in [0.1, 0.15) is 16.3 Å². The number of aromatic nitrogens is 1. The van der Waals surface area contributed by atoms with Crippen LogP contribution in [0.4, 0.5) is 0 Å². The predicted molar refractivity (Wildman–Crippen MR) is 63.9 cm³/mol. The van der Waals surface area contributed by atoms with Gasteiger partial charge in [0.2, 0.25) is 0 Å². The summed E-state index contributed by atoms with van der Waals surface area (Å²) in [6, 6.07) is 7.24. The molecule has 0 aliphatic heterocycles. The normalized spacial score (nSPS) is 11.0. The lowest BCUT2D eigenvalue weighted by molar-refractivity contribution is 0.474. The van der Waals surface area contributed by atoms with Crippen molar-refractivity contribution in [2.24, 2.45) is 0 Å². The van der Waals surface area contributed by atoms with Crippen LogP contribution in [0.15, 0.2) is 29.6 Å². The molecule has 2 rings (SSSR count). The Morgan fingerprint density at radius 2 is 2.07 bits per heavy atom. The molecule has 1 heterocycles. The fraction of sp³-hybridized carbons (Fsp3) is 0.0833. The maximum atomic E-state index is 9.52. The number of rotatable bonds is 2. The first-order valence-corrected chi connectivity index (χ1v) is 5.52. The van der Waals surface area contributed by atoms with Crippen molar-refractivity contribution in [1.29, 1.82) is 0 Å². The standard InChI is InChI=1S/C12H11NOS/c1-9-13-11(8-15-9)7-6-10-4-2-3-5-12(10)14/h2-8,14H,1H3/b7-6+. The molecule has 0 unspecified atom stereocenters. The number of thiazole rings is 1. The Kier molecular flexibility index (Phi) is 2.83. The van der Waals surface area contributed by atoms with E-state index < -0.39 is 0 Å². The molecule has 0 fully saturated rings. The third-order valence-corrected chi connectivity index (χ3v) is 2.80. The van der Waals surface area contributed by atoms with Gasteiger partial charge in [-0.3, -0.25) is 0 Å². The van der Waals surface area contributed by atoms with Gasteiger partial charge in [0.05, 0.1) is 10.7 Å².